The zero-order valence-corrected chi connectivity index (χ0v) is 10.8. The zero-order chi connectivity index (χ0) is 11.6. The van der Waals surface area contributed by atoms with Crippen LogP contribution in [0.15, 0.2) is 0 Å². The van der Waals surface area contributed by atoms with Crippen LogP contribution < -0.4 is 11.1 Å². The van der Waals surface area contributed by atoms with Gasteiger partial charge >= 0.3 is 0 Å². The van der Waals surface area contributed by atoms with Crippen LogP contribution in [0, 0.1) is 5.92 Å². The molecule has 0 bridgehead atoms. The van der Waals surface area contributed by atoms with Crippen molar-refractivity contribution in [2.24, 2.45) is 11.7 Å². The third-order valence-electron chi connectivity index (χ3n) is 4.37. The Balaban J connectivity index is 1.71. The van der Waals surface area contributed by atoms with Crippen molar-refractivity contribution >= 4 is 0 Å². The van der Waals surface area contributed by atoms with Gasteiger partial charge in [0.1, 0.15) is 0 Å². The maximum Gasteiger partial charge on any atom is 0.0447 e. The van der Waals surface area contributed by atoms with Crippen molar-refractivity contribution in [3.05, 3.63) is 0 Å². The minimum atomic E-state index is 0.192. The van der Waals surface area contributed by atoms with Crippen molar-refractivity contribution in [3.63, 3.8) is 0 Å². The Morgan fingerprint density at radius 1 is 1.44 bits per heavy atom. The third-order valence-corrected chi connectivity index (χ3v) is 4.37. The summed E-state index contributed by atoms with van der Waals surface area (Å²) in [6.45, 7) is 5.32. The van der Waals surface area contributed by atoms with Crippen LogP contribution in [0.2, 0.25) is 0 Å². The quantitative estimate of drug-likeness (QED) is 0.667. The molecular formula is C13H27N3. The number of nitrogens with two attached hydrogens (primary N) is 1. The van der Waals surface area contributed by atoms with E-state index in [1.807, 2.05) is 0 Å². The first-order valence-corrected chi connectivity index (χ1v) is 6.80. The molecule has 1 aliphatic heterocycles. The van der Waals surface area contributed by atoms with Gasteiger partial charge in [0, 0.05) is 24.7 Å². The average molecular weight is 225 g/mol. The fourth-order valence-electron chi connectivity index (χ4n) is 2.92. The summed E-state index contributed by atoms with van der Waals surface area (Å²) in [5.41, 5.74) is 6.15. The number of hydrogen-bond donors (Lipinski definition) is 2. The molecule has 3 heteroatoms. The Labute approximate surface area is 99.8 Å². The molecule has 2 unspecified atom stereocenters. The summed E-state index contributed by atoms with van der Waals surface area (Å²) >= 11 is 0. The van der Waals surface area contributed by atoms with E-state index in [0.717, 1.165) is 25.6 Å². The highest BCUT2D eigenvalue weighted by atomic mass is 15.2. The van der Waals surface area contributed by atoms with Gasteiger partial charge in [-0.15, -0.1) is 0 Å². The van der Waals surface area contributed by atoms with Crippen LogP contribution in [-0.2, 0) is 0 Å². The number of hydrogen-bond acceptors (Lipinski definition) is 3. The van der Waals surface area contributed by atoms with Crippen molar-refractivity contribution in [3.8, 4) is 0 Å². The first-order valence-electron chi connectivity index (χ1n) is 6.80. The van der Waals surface area contributed by atoms with Gasteiger partial charge in [-0.1, -0.05) is 12.8 Å². The minimum Gasteiger partial charge on any atom is -0.329 e. The summed E-state index contributed by atoms with van der Waals surface area (Å²) in [6.07, 6.45) is 6.89. The van der Waals surface area contributed by atoms with Gasteiger partial charge in [0.25, 0.3) is 0 Å². The molecule has 0 amide bonds. The lowest BCUT2D eigenvalue weighted by Crippen LogP contribution is -2.53. The van der Waals surface area contributed by atoms with Crippen LogP contribution >= 0.6 is 0 Å². The van der Waals surface area contributed by atoms with E-state index in [4.69, 9.17) is 5.73 Å². The van der Waals surface area contributed by atoms with Gasteiger partial charge in [-0.3, -0.25) is 0 Å². The molecule has 2 rings (SSSR count). The smallest absolute Gasteiger partial charge is 0.0447 e. The SMILES string of the molecule is CC1CC(CN)(NCCCC2CC2)CN1C. The highest BCUT2D eigenvalue weighted by Gasteiger charge is 2.38. The largest absolute Gasteiger partial charge is 0.329 e. The molecule has 2 atom stereocenters. The second kappa shape index (κ2) is 5.03. The molecule has 94 valence electrons. The number of likely N-dealkylation sites (N-methyl/N-ethyl adjacent to an activating group) is 1. The van der Waals surface area contributed by atoms with Gasteiger partial charge in [0.2, 0.25) is 0 Å². The van der Waals surface area contributed by atoms with Gasteiger partial charge < -0.3 is 16.0 Å². The molecule has 1 saturated carbocycles. The molecular weight excluding hydrogens is 198 g/mol. The lowest BCUT2D eigenvalue weighted by Gasteiger charge is -2.29. The van der Waals surface area contributed by atoms with E-state index in [1.165, 1.54) is 32.1 Å². The highest BCUT2D eigenvalue weighted by molar-refractivity contribution is 5.00. The molecule has 1 saturated heterocycles. The fourth-order valence-corrected chi connectivity index (χ4v) is 2.92. The van der Waals surface area contributed by atoms with Gasteiger partial charge in [-0.2, -0.15) is 0 Å². The summed E-state index contributed by atoms with van der Waals surface area (Å²) in [4.78, 5) is 2.42. The summed E-state index contributed by atoms with van der Waals surface area (Å²) in [7, 11) is 2.20. The molecule has 3 N–H and O–H groups in total. The molecule has 2 aliphatic rings. The molecule has 1 aliphatic carbocycles. The number of rotatable bonds is 6. The molecule has 1 heterocycles. The van der Waals surface area contributed by atoms with E-state index in [9.17, 15) is 0 Å². The number of nitrogens with one attached hydrogen (secondary N) is 1. The van der Waals surface area contributed by atoms with E-state index < -0.39 is 0 Å². The average Bonchev–Trinajstić information content (AvgIpc) is 3.03. The Morgan fingerprint density at radius 3 is 2.69 bits per heavy atom. The summed E-state index contributed by atoms with van der Waals surface area (Å²) in [5.74, 6) is 1.06. The second-order valence-corrected chi connectivity index (χ2v) is 5.97. The molecule has 0 radical (unpaired) electrons. The predicted octanol–water partition coefficient (Wildman–Crippen LogP) is 1.19. The van der Waals surface area contributed by atoms with Crippen molar-refractivity contribution < 1.29 is 0 Å². The molecule has 0 aromatic heterocycles. The van der Waals surface area contributed by atoms with Crippen LogP contribution in [0.25, 0.3) is 0 Å². The lowest BCUT2D eigenvalue weighted by molar-refractivity contribution is 0.299. The number of likely N-dealkylation sites (tertiary alicyclic amines) is 1. The van der Waals surface area contributed by atoms with Gasteiger partial charge in [0.05, 0.1) is 0 Å². The molecule has 3 nitrogen and oxygen atoms in total. The Bertz CT molecular complexity index is 215. The first kappa shape index (κ1) is 12.3. The van der Waals surface area contributed by atoms with Gasteiger partial charge in [-0.05, 0) is 45.7 Å². The minimum absolute atomic E-state index is 0.192. The van der Waals surface area contributed by atoms with E-state index in [0.29, 0.717) is 6.04 Å². The Morgan fingerprint density at radius 2 is 2.19 bits per heavy atom. The van der Waals surface area contributed by atoms with E-state index in [1.54, 1.807) is 0 Å². The van der Waals surface area contributed by atoms with Crippen molar-refractivity contribution in [1.29, 1.82) is 0 Å². The summed E-state index contributed by atoms with van der Waals surface area (Å²) in [5, 5.41) is 3.72. The van der Waals surface area contributed by atoms with Crippen molar-refractivity contribution in [1.82, 2.24) is 10.2 Å². The van der Waals surface area contributed by atoms with Crippen molar-refractivity contribution in [2.75, 3.05) is 26.7 Å². The van der Waals surface area contributed by atoms with Crippen LogP contribution in [-0.4, -0.2) is 43.2 Å². The van der Waals surface area contributed by atoms with E-state index >= 15 is 0 Å². The summed E-state index contributed by atoms with van der Waals surface area (Å²) < 4.78 is 0. The van der Waals surface area contributed by atoms with Gasteiger partial charge in [0.15, 0.2) is 0 Å². The van der Waals surface area contributed by atoms with Crippen LogP contribution in [0.4, 0.5) is 0 Å². The highest BCUT2D eigenvalue weighted by Crippen LogP contribution is 2.33. The zero-order valence-electron chi connectivity index (χ0n) is 10.8. The monoisotopic (exact) mass is 225 g/mol. The maximum atomic E-state index is 5.96. The van der Waals surface area contributed by atoms with Crippen LogP contribution in [0.5, 0.6) is 0 Å². The molecule has 0 spiro atoms. The summed E-state index contributed by atoms with van der Waals surface area (Å²) in [6, 6.07) is 0.666. The topological polar surface area (TPSA) is 41.3 Å². The fraction of sp³-hybridized carbons (Fsp3) is 1.00. The molecule has 0 aromatic rings. The Kier molecular flexibility index (Phi) is 3.88. The normalized spacial score (nSPS) is 35.8. The van der Waals surface area contributed by atoms with Crippen molar-refractivity contribution in [2.45, 2.75) is 50.6 Å². The third kappa shape index (κ3) is 2.96. The standard InChI is InChI=1S/C13H27N3/c1-11-8-13(9-14,10-16(11)2)15-7-3-4-12-5-6-12/h11-12,15H,3-10,14H2,1-2H3. The van der Waals surface area contributed by atoms with Crippen LogP contribution in [0.1, 0.15) is 39.0 Å². The van der Waals surface area contributed by atoms with Gasteiger partial charge in [-0.25, -0.2) is 0 Å². The van der Waals surface area contributed by atoms with E-state index in [-0.39, 0.29) is 5.54 Å². The first-order chi connectivity index (χ1) is 7.65. The predicted molar refractivity (Wildman–Crippen MR) is 68.5 cm³/mol. The van der Waals surface area contributed by atoms with E-state index in [2.05, 4.69) is 24.2 Å². The molecule has 16 heavy (non-hydrogen) atoms. The van der Waals surface area contributed by atoms with Crippen LogP contribution in [0.3, 0.4) is 0 Å². The molecule has 2 fully saturated rings. The molecule has 0 aromatic carbocycles. The number of nitrogens with zero attached hydrogens (tertiary/aromatic N) is 1. The Hall–Kier alpha value is -0.120. The lowest BCUT2D eigenvalue weighted by atomic mass is 9.96. The maximum absolute atomic E-state index is 5.96. The second-order valence-electron chi connectivity index (χ2n) is 5.97.